The Morgan fingerprint density at radius 1 is 1.06 bits per heavy atom. The molecule has 0 aromatic rings. The molecule has 3 aliphatic heterocycles. The lowest BCUT2D eigenvalue weighted by molar-refractivity contribution is 0.0279. The number of hydrogen-bond acceptors (Lipinski definition) is 3. The molecule has 0 aromatic heterocycles. The average Bonchev–Trinajstić information content (AvgIpc) is 2.85. The maximum Gasteiger partial charge on any atom is 0.0247 e. The minimum Gasteiger partial charge on any atom is -0.314 e. The van der Waals surface area contributed by atoms with Crippen molar-refractivity contribution in [1.82, 2.24) is 15.1 Å². The van der Waals surface area contributed by atoms with Crippen LogP contribution in [0.25, 0.3) is 0 Å². The Balaban J connectivity index is 1.65. The van der Waals surface area contributed by atoms with Gasteiger partial charge < -0.3 is 10.2 Å². The van der Waals surface area contributed by atoms with Gasteiger partial charge in [-0.25, -0.2) is 0 Å². The number of piperazine rings is 1. The fraction of sp³-hybridized carbons (Fsp3) is 1.00. The Hall–Kier alpha value is -0.120. The van der Waals surface area contributed by atoms with Gasteiger partial charge in [-0.1, -0.05) is 13.8 Å². The minimum absolute atomic E-state index is 0.761. The first-order valence-electron chi connectivity index (χ1n) is 7.96. The Labute approximate surface area is 112 Å². The zero-order chi connectivity index (χ0) is 12.5. The summed E-state index contributed by atoms with van der Waals surface area (Å²) in [6.07, 6.45) is 5.73. The third-order valence-corrected chi connectivity index (χ3v) is 5.36. The molecular weight excluding hydrogens is 222 g/mol. The summed E-state index contributed by atoms with van der Waals surface area (Å²) in [5.74, 6) is 0.777. The lowest BCUT2D eigenvalue weighted by atomic mass is 9.91. The molecule has 3 fully saturated rings. The summed E-state index contributed by atoms with van der Waals surface area (Å²) in [5, 5.41) is 3.58. The second-order valence-electron chi connectivity index (χ2n) is 6.76. The van der Waals surface area contributed by atoms with Gasteiger partial charge in [0.05, 0.1) is 0 Å². The zero-order valence-electron chi connectivity index (χ0n) is 12.1. The van der Waals surface area contributed by atoms with E-state index in [4.69, 9.17) is 0 Å². The van der Waals surface area contributed by atoms with E-state index in [-0.39, 0.29) is 0 Å². The Kier molecular flexibility index (Phi) is 3.92. The Bertz CT molecular complexity index is 279. The lowest BCUT2D eigenvalue weighted by Crippen LogP contribution is -2.59. The number of fused-ring (bicyclic) bond motifs is 1. The van der Waals surface area contributed by atoms with Crippen molar-refractivity contribution < 1.29 is 0 Å². The van der Waals surface area contributed by atoms with Crippen molar-refractivity contribution in [2.45, 2.75) is 57.7 Å². The van der Waals surface area contributed by atoms with E-state index in [1.165, 1.54) is 58.4 Å². The zero-order valence-corrected chi connectivity index (χ0v) is 12.1. The largest absolute Gasteiger partial charge is 0.314 e. The van der Waals surface area contributed by atoms with E-state index in [0.717, 1.165) is 24.0 Å². The van der Waals surface area contributed by atoms with E-state index in [1.54, 1.807) is 0 Å². The molecule has 3 aliphatic rings. The smallest absolute Gasteiger partial charge is 0.0247 e. The van der Waals surface area contributed by atoms with Gasteiger partial charge in [-0.2, -0.15) is 0 Å². The molecule has 3 unspecified atom stereocenters. The lowest BCUT2D eigenvalue weighted by Gasteiger charge is -2.47. The maximum absolute atomic E-state index is 3.58. The van der Waals surface area contributed by atoms with Gasteiger partial charge in [0.1, 0.15) is 0 Å². The van der Waals surface area contributed by atoms with Crippen molar-refractivity contribution in [2.24, 2.45) is 5.92 Å². The maximum atomic E-state index is 3.58. The molecule has 0 spiro atoms. The highest BCUT2D eigenvalue weighted by Gasteiger charge is 2.37. The first-order valence-corrected chi connectivity index (χ1v) is 7.96. The van der Waals surface area contributed by atoms with Crippen LogP contribution in [0.4, 0.5) is 0 Å². The van der Waals surface area contributed by atoms with Crippen LogP contribution in [0.3, 0.4) is 0 Å². The van der Waals surface area contributed by atoms with Crippen LogP contribution in [0.2, 0.25) is 0 Å². The predicted molar refractivity (Wildman–Crippen MR) is 75.8 cm³/mol. The minimum atomic E-state index is 0.761. The van der Waals surface area contributed by atoms with Crippen LogP contribution < -0.4 is 5.32 Å². The molecule has 3 nitrogen and oxygen atoms in total. The summed E-state index contributed by atoms with van der Waals surface area (Å²) in [6.45, 7) is 11.1. The van der Waals surface area contributed by atoms with Crippen molar-refractivity contribution in [3.63, 3.8) is 0 Å². The quantitative estimate of drug-likeness (QED) is 0.803. The van der Waals surface area contributed by atoms with E-state index in [9.17, 15) is 0 Å². The van der Waals surface area contributed by atoms with E-state index >= 15 is 0 Å². The fourth-order valence-electron chi connectivity index (χ4n) is 4.32. The summed E-state index contributed by atoms with van der Waals surface area (Å²) in [6, 6.07) is 2.53. The summed E-state index contributed by atoms with van der Waals surface area (Å²) in [5.41, 5.74) is 0. The van der Waals surface area contributed by atoms with E-state index in [0.29, 0.717) is 0 Å². The molecule has 18 heavy (non-hydrogen) atoms. The van der Waals surface area contributed by atoms with Crippen LogP contribution >= 0.6 is 0 Å². The molecule has 104 valence electrons. The molecule has 3 heteroatoms. The third-order valence-electron chi connectivity index (χ3n) is 5.36. The van der Waals surface area contributed by atoms with Gasteiger partial charge in [-0.15, -0.1) is 0 Å². The number of nitrogens with zero attached hydrogens (tertiary/aromatic N) is 2. The van der Waals surface area contributed by atoms with Crippen molar-refractivity contribution in [3.8, 4) is 0 Å². The average molecular weight is 251 g/mol. The molecule has 3 rings (SSSR count). The summed E-state index contributed by atoms with van der Waals surface area (Å²) < 4.78 is 0. The second kappa shape index (κ2) is 5.48. The van der Waals surface area contributed by atoms with Gasteiger partial charge in [0.2, 0.25) is 0 Å². The summed E-state index contributed by atoms with van der Waals surface area (Å²) >= 11 is 0. The second-order valence-corrected chi connectivity index (χ2v) is 6.76. The summed E-state index contributed by atoms with van der Waals surface area (Å²) in [7, 11) is 0. The molecule has 0 radical (unpaired) electrons. The van der Waals surface area contributed by atoms with Crippen molar-refractivity contribution in [1.29, 1.82) is 0 Å². The molecule has 3 saturated heterocycles. The van der Waals surface area contributed by atoms with E-state index in [1.807, 2.05) is 0 Å². The van der Waals surface area contributed by atoms with Gasteiger partial charge in [0.25, 0.3) is 0 Å². The van der Waals surface area contributed by atoms with Crippen LogP contribution in [0, 0.1) is 5.92 Å². The molecule has 3 heterocycles. The monoisotopic (exact) mass is 251 g/mol. The van der Waals surface area contributed by atoms with E-state index in [2.05, 4.69) is 29.0 Å². The summed E-state index contributed by atoms with van der Waals surface area (Å²) in [4.78, 5) is 5.58. The van der Waals surface area contributed by atoms with Crippen LogP contribution in [0.5, 0.6) is 0 Å². The highest BCUT2D eigenvalue weighted by atomic mass is 15.3. The molecule has 3 atom stereocenters. The standard InChI is InChI=1S/C15H29N3/c1-12(2)15-11-16-6-9-18(15)14-5-8-17-7-3-4-13(17)10-14/h12-16H,3-11H2,1-2H3. The van der Waals surface area contributed by atoms with Gasteiger partial charge in [0, 0.05) is 37.8 Å². The molecule has 0 bridgehead atoms. The Morgan fingerprint density at radius 3 is 2.78 bits per heavy atom. The molecule has 0 saturated carbocycles. The van der Waals surface area contributed by atoms with Crippen molar-refractivity contribution in [2.75, 3.05) is 32.7 Å². The van der Waals surface area contributed by atoms with Gasteiger partial charge in [-0.3, -0.25) is 4.90 Å². The number of rotatable bonds is 2. The molecule has 0 amide bonds. The van der Waals surface area contributed by atoms with E-state index < -0.39 is 0 Å². The number of hydrogen-bond donors (Lipinski definition) is 1. The molecule has 0 aromatic carbocycles. The van der Waals surface area contributed by atoms with Crippen molar-refractivity contribution >= 4 is 0 Å². The number of piperidine rings is 1. The first-order chi connectivity index (χ1) is 8.75. The highest BCUT2D eigenvalue weighted by molar-refractivity contribution is 4.94. The topological polar surface area (TPSA) is 18.5 Å². The molecule has 1 N–H and O–H groups in total. The van der Waals surface area contributed by atoms with Gasteiger partial charge in [0.15, 0.2) is 0 Å². The molecular formula is C15H29N3. The SMILES string of the molecule is CC(C)C1CNCCN1C1CCN2CCCC2C1. The van der Waals surface area contributed by atoms with Crippen molar-refractivity contribution in [3.05, 3.63) is 0 Å². The first kappa shape index (κ1) is 12.9. The van der Waals surface area contributed by atoms with Crippen LogP contribution in [0.1, 0.15) is 39.5 Å². The van der Waals surface area contributed by atoms with Gasteiger partial charge in [-0.05, 0) is 44.7 Å². The third kappa shape index (κ3) is 2.45. The highest BCUT2D eigenvalue weighted by Crippen LogP contribution is 2.31. The van der Waals surface area contributed by atoms with Gasteiger partial charge >= 0.3 is 0 Å². The van der Waals surface area contributed by atoms with Crippen LogP contribution in [-0.2, 0) is 0 Å². The van der Waals surface area contributed by atoms with Crippen LogP contribution in [0.15, 0.2) is 0 Å². The normalized spacial score (nSPS) is 39.2. The fourth-order valence-corrected chi connectivity index (χ4v) is 4.32. The Morgan fingerprint density at radius 2 is 1.94 bits per heavy atom. The number of nitrogens with one attached hydrogen (secondary N) is 1. The molecule has 0 aliphatic carbocycles. The van der Waals surface area contributed by atoms with Crippen LogP contribution in [-0.4, -0.2) is 60.6 Å². The predicted octanol–water partition coefficient (Wildman–Crippen LogP) is 1.54.